The van der Waals surface area contributed by atoms with E-state index in [0.717, 1.165) is 30.1 Å². The first kappa shape index (κ1) is 15.3. The molecule has 0 aromatic heterocycles. The van der Waals surface area contributed by atoms with E-state index in [1.54, 1.807) is 7.11 Å². The van der Waals surface area contributed by atoms with Gasteiger partial charge in [0, 0.05) is 6.54 Å². The van der Waals surface area contributed by atoms with E-state index in [2.05, 4.69) is 13.0 Å². The number of benzene rings is 1. The third-order valence-corrected chi connectivity index (χ3v) is 4.64. The summed E-state index contributed by atoms with van der Waals surface area (Å²) < 4.78 is 11.5. The van der Waals surface area contributed by atoms with Gasteiger partial charge in [-0.25, -0.2) is 0 Å². The molecule has 1 aromatic carbocycles. The highest BCUT2D eigenvalue weighted by atomic mass is 16.5. The molecule has 0 spiro atoms. The molecule has 0 saturated heterocycles. The summed E-state index contributed by atoms with van der Waals surface area (Å²) in [5.74, 6) is 1.73. The van der Waals surface area contributed by atoms with E-state index in [-0.39, 0.29) is 5.60 Å². The second-order valence-electron chi connectivity index (χ2n) is 5.88. The molecule has 1 aliphatic carbocycles. The van der Waals surface area contributed by atoms with E-state index >= 15 is 0 Å². The summed E-state index contributed by atoms with van der Waals surface area (Å²) >= 11 is 0. The van der Waals surface area contributed by atoms with Crippen molar-refractivity contribution >= 4 is 0 Å². The Hall–Kier alpha value is -1.06. The summed E-state index contributed by atoms with van der Waals surface area (Å²) in [4.78, 5) is 0. The molecule has 0 bridgehead atoms. The number of methoxy groups -OCH3 is 1. The second kappa shape index (κ2) is 7.09. The van der Waals surface area contributed by atoms with Gasteiger partial charge in [0.1, 0.15) is 5.75 Å². The van der Waals surface area contributed by atoms with E-state index in [1.807, 2.05) is 18.2 Å². The minimum Gasteiger partial charge on any atom is -0.497 e. The van der Waals surface area contributed by atoms with Crippen LogP contribution in [0.1, 0.15) is 44.6 Å². The quantitative estimate of drug-likeness (QED) is 0.865. The predicted octanol–water partition coefficient (Wildman–Crippen LogP) is 3.51. The van der Waals surface area contributed by atoms with Crippen LogP contribution >= 0.6 is 0 Å². The molecule has 3 nitrogen and oxygen atoms in total. The molecule has 3 heteroatoms. The van der Waals surface area contributed by atoms with Gasteiger partial charge in [-0.1, -0.05) is 25.5 Å². The zero-order chi connectivity index (χ0) is 14.4. The van der Waals surface area contributed by atoms with E-state index < -0.39 is 0 Å². The largest absolute Gasteiger partial charge is 0.497 e. The Morgan fingerprint density at radius 2 is 2.05 bits per heavy atom. The van der Waals surface area contributed by atoms with Crippen molar-refractivity contribution in [3.05, 3.63) is 29.8 Å². The number of hydrogen-bond donors (Lipinski definition) is 1. The van der Waals surface area contributed by atoms with Gasteiger partial charge in [0.05, 0.1) is 19.3 Å². The molecule has 1 fully saturated rings. The summed E-state index contributed by atoms with van der Waals surface area (Å²) in [7, 11) is 1.69. The maximum Gasteiger partial charge on any atom is 0.119 e. The van der Waals surface area contributed by atoms with Crippen LogP contribution in [0.3, 0.4) is 0 Å². The third kappa shape index (κ3) is 3.74. The molecule has 0 radical (unpaired) electrons. The average molecular weight is 277 g/mol. The van der Waals surface area contributed by atoms with Crippen molar-refractivity contribution in [1.29, 1.82) is 0 Å². The van der Waals surface area contributed by atoms with Gasteiger partial charge in [-0.3, -0.25) is 0 Å². The van der Waals surface area contributed by atoms with Crippen LogP contribution in [0.25, 0.3) is 0 Å². The lowest BCUT2D eigenvalue weighted by Gasteiger charge is -2.39. The van der Waals surface area contributed by atoms with Crippen molar-refractivity contribution in [3.63, 3.8) is 0 Å². The molecule has 112 valence electrons. The summed E-state index contributed by atoms with van der Waals surface area (Å²) in [5, 5.41) is 0. The highest BCUT2D eigenvalue weighted by Gasteiger charge is 2.34. The van der Waals surface area contributed by atoms with Crippen LogP contribution < -0.4 is 10.5 Å². The number of nitrogens with two attached hydrogens (primary N) is 1. The topological polar surface area (TPSA) is 44.5 Å². The summed E-state index contributed by atoms with van der Waals surface area (Å²) in [6.07, 6.45) is 5.94. The predicted molar refractivity (Wildman–Crippen MR) is 81.8 cm³/mol. The molecule has 2 rings (SSSR count). The first-order chi connectivity index (χ1) is 9.71. The second-order valence-corrected chi connectivity index (χ2v) is 5.88. The van der Waals surface area contributed by atoms with Crippen molar-refractivity contribution < 1.29 is 9.47 Å². The normalized spacial score (nSPS) is 26.4. The first-order valence-corrected chi connectivity index (χ1v) is 7.68. The van der Waals surface area contributed by atoms with E-state index in [0.29, 0.717) is 13.2 Å². The highest BCUT2D eigenvalue weighted by molar-refractivity contribution is 5.27. The zero-order valence-corrected chi connectivity index (χ0v) is 12.7. The number of rotatable bonds is 6. The average Bonchev–Trinajstić information content (AvgIpc) is 2.53. The van der Waals surface area contributed by atoms with Gasteiger partial charge in [-0.05, 0) is 49.3 Å². The standard InChI is InChI=1S/C17H27NO2/c1-3-14-7-9-17(13-18,10-8-14)20-12-15-5-4-6-16(11-15)19-2/h4-6,11,14H,3,7-10,12-13,18H2,1-2H3. The van der Waals surface area contributed by atoms with Crippen LogP contribution in [0, 0.1) is 5.92 Å². The molecule has 0 heterocycles. The Bertz CT molecular complexity index is 411. The maximum atomic E-state index is 6.22. The monoisotopic (exact) mass is 277 g/mol. The number of hydrogen-bond acceptors (Lipinski definition) is 3. The Morgan fingerprint density at radius 3 is 2.65 bits per heavy atom. The van der Waals surface area contributed by atoms with Crippen molar-refractivity contribution in [2.24, 2.45) is 11.7 Å². The fourth-order valence-electron chi connectivity index (χ4n) is 3.02. The minimum absolute atomic E-state index is 0.116. The van der Waals surface area contributed by atoms with Gasteiger partial charge in [0.25, 0.3) is 0 Å². The van der Waals surface area contributed by atoms with Crippen molar-refractivity contribution in [2.45, 2.75) is 51.2 Å². The molecule has 1 saturated carbocycles. The molecule has 2 N–H and O–H groups in total. The summed E-state index contributed by atoms with van der Waals surface area (Å²) in [5.41, 5.74) is 7.03. The lowest BCUT2D eigenvalue weighted by Crippen LogP contribution is -2.43. The molecule has 0 unspecified atom stereocenters. The fraction of sp³-hybridized carbons (Fsp3) is 0.647. The Balaban J connectivity index is 1.93. The van der Waals surface area contributed by atoms with Crippen molar-refractivity contribution in [3.8, 4) is 5.75 Å². The van der Waals surface area contributed by atoms with Crippen LogP contribution in [0.15, 0.2) is 24.3 Å². The lowest BCUT2D eigenvalue weighted by atomic mass is 9.77. The van der Waals surface area contributed by atoms with Crippen LogP contribution in [0.4, 0.5) is 0 Å². The van der Waals surface area contributed by atoms with E-state index in [4.69, 9.17) is 15.2 Å². The molecular weight excluding hydrogens is 250 g/mol. The molecule has 0 atom stereocenters. The summed E-state index contributed by atoms with van der Waals surface area (Å²) in [6.45, 7) is 3.51. The van der Waals surface area contributed by atoms with Gasteiger partial charge in [0.2, 0.25) is 0 Å². The van der Waals surface area contributed by atoms with E-state index in [9.17, 15) is 0 Å². The van der Waals surface area contributed by atoms with Crippen LogP contribution in [0.2, 0.25) is 0 Å². The molecule has 0 aliphatic heterocycles. The van der Waals surface area contributed by atoms with E-state index in [1.165, 1.54) is 19.3 Å². The zero-order valence-electron chi connectivity index (χ0n) is 12.7. The fourth-order valence-corrected chi connectivity index (χ4v) is 3.02. The molecule has 0 amide bonds. The Labute approximate surface area is 122 Å². The van der Waals surface area contributed by atoms with Gasteiger partial charge in [-0.15, -0.1) is 0 Å². The third-order valence-electron chi connectivity index (χ3n) is 4.64. The molecule has 1 aliphatic rings. The summed E-state index contributed by atoms with van der Waals surface area (Å²) in [6, 6.07) is 8.06. The minimum atomic E-state index is -0.116. The van der Waals surface area contributed by atoms with Gasteiger partial charge in [-0.2, -0.15) is 0 Å². The van der Waals surface area contributed by atoms with Gasteiger partial charge < -0.3 is 15.2 Å². The number of ether oxygens (including phenoxy) is 2. The highest BCUT2D eigenvalue weighted by Crippen LogP contribution is 2.36. The molecular formula is C17H27NO2. The molecule has 1 aromatic rings. The Kier molecular flexibility index (Phi) is 5.44. The van der Waals surface area contributed by atoms with Crippen LogP contribution in [0.5, 0.6) is 5.75 Å². The van der Waals surface area contributed by atoms with Gasteiger partial charge in [0.15, 0.2) is 0 Å². The van der Waals surface area contributed by atoms with Crippen LogP contribution in [-0.2, 0) is 11.3 Å². The molecule has 20 heavy (non-hydrogen) atoms. The van der Waals surface area contributed by atoms with Crippen molar-refractivity contribution in [2.75, 3.05) is 13.7 Å². The lowest BCUT2D eigenvalue weighted by molar-refractivity contribution is -0.0813. The Morgan fingerprint density at radius 1 is 1.30 bits per heavy atom. The first-order valence-electron chi connectivity index (χ1n) is 7.68. The van der Waals surface area contributed by atoms with Gasteiger partial charge >= 0.3 is 0 Å². The smallest absolute Gasteiger partial charge is 0.119 e. The van der Waals surface area contributed by atoms with Crippen molar-refractivity contribution in [1.82, 2.24) is 0 Å². The maximum absolute atomic E-state index is 6.22. The SMILES string of the molecule is CCC1CCC(CN)(OCc2cccc(OC)c2)CC1. The van der Waals surface area contributed by atoms with Crippen LogP contribution in [-0.4, -0.2) is 19.3 Å².